The van der Waals surface area contributed by atoms with Gasteiger partial charge in [-0.15, -0.1) is 0 Å². The fourth-order valence-corrected chi connectivity index (χ4v) is 4.13. The van der Waals surface area contributed by atoms with Gasteiger partial charge in [-0.05, 0) is 30.7 Å². The van der Waals surface area contributed by atoms with E-state index in [1.54, 1.807) is 0 Å². The van der Waals surface area contributed by atoms with E-state index in [1.807, 2.05) is 37.3 Å². The third-order valence-corrected chi connectivity index (χ3v) is 5.57. The molecule has 0 bridgehead atoms. The van der Waals surface area contributed by atoms with Crippen molar-refractivity contribution in [3.8, 4) is 0 Å². The molecule has 1 aromatic rings. The Morgan fingerprint density at radius 2 is 1.96 bits per heavy atom. The highest BCUT2D eigenvalue weighted by Crippen LogP contribution is 2.44. The van der Waals surface area contributed by atoms with Crippen LogP contribution in [0, 0.1) is 22.0 Å². The van der Waals surface area contributed by atoms with E-state index in [9.17, 15) is 19.7 Å². The van der Waals surface area contributed by atoms with Gasteiger partial charge in [0.1, 0.15) is 5.54 Å². The number of hydrogen-bond acceptors (Lipinski definition) is 5. The van der Waals surface area contributed by atoms with E-state index in [4.69, 9.17) is 4.74 Å². The summed E-state index contributed by atoms with van der Waals surface area (Å²) < 4.78 is 4.75. The number of rotatable bonds is 9. The Bertz CT molecular complexity index is 670. The van der Waals surface area contributed by atoms with Gasteiger partial charge in [0, 0.05) is 18.3 Å². The molecule has 0 heterocycles. The number of nitrogens with zero attached hydrogens (tertiary/aromatic N) is 1. The summed E-state index contributed by atoms with van der Waals surface area (Å²) in [6.45, 7) is 3.37. The number of carbonyl (C=O) groups excluding carboxylic acids is 2. The summed E-state index contributed by atoms with van der Waals surface area (Å²) in [7, 11) is 1.30. The molecule has 0 aromatic heterocycles. The van der Waals surface area contributed by atoms with Crippen LogP contribution < -0.4 is 5.32 Å². The van der Waals surface area contributed by atoms with Crippen molar-refractivity contribution < 1.29 is 19.2 Å². The molecule has 1 aromatic carbocycles. The van der Waals surface area contributed by atoms with Crippen molar-refractivity contribution >= 4 is 11.9 Å². The molecule has 7 heteroatoms. The van der Waals surface area contributed by atoms with Crippen LogP contribution in [0.15, 0.2) is 30.3 Å². The van der Waals surface area contributed by atoms with Crippen LogP contribution in [0.3, 0.4) is 0 Å². The molecule has 0 aliphatic heterocycles. The van der Waals surface area contributed by atoms with Crippen LogP contribution in [-0.2, 0) is 20.7 Å². The molecule has 1 N–H and O–H groups in total. The van der Waals surface area contributed by atoms with E-state index in [1.165, 1.54) is 14.0 Å². The number of hydrogen-bond donors (Lipinski definition) is 1. The fourth-order valence-electron chi connectivity index (χ4n) is 4.13. The van der Waals surface area contributed by atoms with Crippen molar-refractivity contribution in [1.29, 1.82) is 0 Å². The highest BCUT2D eigenvalue weighted by Gasteiger charge is 2.58. The summed E-state index contributed by atoms with van der Waals surface area (Å²) in [6.07, 6.45) is 2.39. The molecule has 0 radical (unpaired) electrons. The van der Waals surface area contributed by atoms with E-state index in [2.05, 4.69) is 5.32 Å². The topological polar surface area (TPSA) is 98.5 Å². The standard InChI is InChI=1S/C20H28N2O5/c1-4-15(10-16-8-6-5-7-9-16)11-18(22(25)26)20(21-14(2)23)12-17(13-20)19(24)27-3/h5-9,15,17-18H,4,10-13H2,1-3H3,(H,21,23). The summed E-state index contributed by atoms with van der Waals surface area (Å²) in [5.74, 6) is -0.986. The maximum absolute atomic E-state index is 11.9. The molecule has 1 aliphatic rings. The number of amides is 1. The van der Waals surface area contributed by atoms with Crippen molar-refractivity contribution in [3.05, 3.63) is 46.0 Å². The molecule has 0 saturated heterocycles. The third kappa shape index (κ3) is 5.05. The number of nitrogens with one attached hydrogen (secondary N) is 1. The first-order valence-electron chi connectivity index (χ1n) is 9.35. The van der Waals surface area contributed by atoms with Gasteiger partial charge in [-0.3, -0.25) is 19.7 Å². The first-order valence-corrected chi connectivity index (χ1v) is 9.35. The zero-order chi connectivity index (χ0) is 20.0. The zero-order valence-electron chi connectivity index (χ0n) is 16.1. The number of esters is 1. The van der Waals surface area contributed by atoms with E-state index in [0.717, 1.165) is 18.4 Å². The normalized spacial score (nSPS) is 23.6. The number of benzene rings is 1. The maximum atomic E-state index is 11.9. The Kier molecular flexibility index (Phi) is 6.93. The van der Waals surface area contributed by atoms with Crippen LogP contribution in [0.25, 0.3) is 0 Å². The molecule has 1 aliphatic carbocycles. The van der Waals surface area contributed by atoms with Crippen molar-refractivity contribution in [3.63, 3.8) is 0 Å². The average Bonchev–Trinajstić information content (AvgIpc) is 2.61. The van der Waals surface area contributed by atoms with Gasteiger partial charge in [0.2, 0.25) is 11.9 Å². The Hall–Kier alpha value is -2.44. The third-order valence-electron chi connectivity index (χ3n) is 5.57. The minimum absolute atomic E-state index is 0.116. The molecule has 2 rings (SSSR count). The summed E-state index contributed by atoms with van der Waals surface area (Å²) in [5, 5.41) is 14.7. The van der Waals surface area contributed by atoms with Crippen LogP contribution >= 0.6 is 0 Å². The fraction of sp³-hybridized carbons (Fsp3) is 0.600. The van der Waals surface area contributed by atoms with Gasteiger partial charge in [0.05, 0.1) is 13.0 Å². The Morgan fingerprint density at radius 1 is 1.33 bits per heavy atom. The summed E-state index contributed by atoms with van der Waals surface area (Å²) in [5.41, 5.74) is 0.152. The highest BCUT2D eigenvalue weighted by molar-refractivity contribution is 5.77. The lowest BCUT2D eigenvalue weighted by Gasteiger charge is -2.47. The SMILES string of the molecule is CCC(Cc1ccccc1)CC([N+](=O)[O-])C1(NC(C)=O)CC(C(=O)OC)C1. The predicted octanol–water partition coefficient (Wildman–Crippen LogP) is 2.75. The second-order valence-corrected chi connectivity index (χ2v) is 7.47. The molecule has 0 spiro atoms. The molecule has 7 nitrogen and oxygen atoms in total. The maximum Gasteiger partial charge on any atom is 0.308 e. The quantitative estimate of drug-likeness (QED) is 0.406. The second-order valence-electron chi connectivity index (χ2n) is 7.47. The Morgan fingerprint density at radius 3 is 2.44 bits per heavy atom. The first kappa shape index (κ1) is 20.9. The zero-order valence-corrected chi connectivity index (χ0v) is 16.1. The largest absolute Gasteiger partial charge is 0.469 e. The van der Waals surface area contributed by atoms with Crippen molar-refractivity contribution in [2.75, 3.05) is 7.11 Å². The smallest absolute Gasteiger partial charge is 0.308 e. The lowest BCUT2D eigenvalue weighted by Crippen LogP contribution is -2.67. The monoisotopic (exact) mass is 376 g/mol. The average molecular weight is 376 g/mol. The number of methoxy groups -OCH3 is 1. The molecule has 1 fully saturated rings. The van der Waals surface area contributed by atoms with Gasteiger partial charge in [-0.1, -0.05) is 43.7 Å². The first-order chi connectivity index (χ1) is 12.8. The summed E-state index contributed by atoms with van der Waals surface area (Å²) in [4.78, 5) is 35.1. The molecule has 27 heavy (non-hydrogen) atoms. The molecule has 1 amide bonds. The number of ether oxygens (including phenoxy) is 1. The number of carbonyl (C=O) groups is 2. The van der Waals surface area contributed by atoms with Gasteiger partial charge in [-0.2, -0.15) is 0 Å². The molecular weight excluding hydrogens is 348 g/mol. The van der Waals surface area contributed by atoms with Gasteiger partial charge in [-0.25, -0.2) is 0 Å². The van der Waals surface area contributed by atoms with Crippen LogP contribution in [-0.4, -0.2) is 35.5 Å². The van der Waals surface area contributed by atoms with E-state index in [0.29, 0.717) is 6.42 Å². The van der Waals surface area contributed by atoms with E-state index in [-0.39, 0.29) is 35.6 Å². The predicted molar refractivity (Wildman–Crippen MR) is 101 cm³/mol. The van der Waals surface area contributed by atoms with Crippen LogP contribution in [0.5, 0.6) is 0 Å². The summed E-state index contributed by atoms with van der Waals surface area (Å²) >= 11 is 0. The lowest BCUT2D eigenvalue weighted by molar-refractivity contribution is -0.541. The second kappa shape index (κ2) is 8.97. The molecule has 148 valence electrons. The number of nitro groups is 1. The Balaban J connectivity index is 2.17. The van der Waals surface area contributed by atoms with Crippen LogP contribution in [0.4, 0.5) is 0 Å². The minimum atomic E-state index is -0.988. The van der Waals surface area contributed by atoms with Crippen molar-refractivity contribution in [1.82, 2.24) is 5.32 Å². The molecule has 1 saturated carbocycles. The van der Waals surface area contributed by atoms with Gasteiger partial charge in [0.15, 0.2) is 0 Å². The van der Waals surface area contributed by atoms with Gasteiger partial charge < -0.3 is 10.1 Å². The van der Waals surface area contributed by atoms with Crippen molar-refractivity contribution in [2.45, 2.75) is 57.5 Å². The molecular formula is C20H28N2O5. The van der Waals surface area contributed by atoms with Gasteiger partial charge >= 0.3 is 5.97 Å². The minimum Gasteiger partial charge on any atom is -0.469 e. The van der Waals surface area contributed by atoms with E-state index >= 15 is 0 Å². The Labute approximate surface area is 159 Å². The lowest BCUT2D eigenvalue weighted by atomic mass is 9.62. The van der Waals surface area contributed by atoms with Gasteiger partial charge in [0.25, 0.3) is 0 Å². The highest BCUT2D eigenvalue weighted by atomic mass is 16.6. The van der Waals surface area contributed by atoms with Crippen LogP contribution in [0.1, 0.15) is 45.1 Å². The summed E-state index contributed by atoms with van der Waals surface area (Å²) in [6, 6.07) is 8.96. The van der Waals surface area contributed by atoms with Crippen LogP contribution in [0.2, 0.25) is 0 Å². The molecule has 2 atom stereocenters. The molecule has 2 unspecified atom stereocenters. The van der Waals surface area contributed by atoms with Crippen molar-refractivity contribution in [2.24, 2.45) is 11.8 Å². The van der Waals surface area contributed by atoms with E-state index < -0.39 is 17.5 Å².